The van der Waals surface area contributed by atoms with Gasteiger partial charge in [-0.1, -0.05) is 15.9 Å². The molecule has 0 unspecified atom stereocenters. The molecule has 0 spiro atoms. The van der Waals surface area contributed by atoms with Crippen molar-refractivity contribution in [1.29, 1.82) is 0 Å². The van der Waals surface area contributed by atoms with Gasteiger partial charge in [0.25, 0.3) is 5.69 Å². The van der Waals surface area contributed by atoms with Gasteiger partial charge in [0, 0.05) is 36.6 Å². The molecule has 0 atom stereocenters. The molecule has 1 aromatic rings. The zero-order valence-corrected chi connectivity index (χ0v) is 13.1. The van der Waals surface area contributed by atoms with Crippen molar-refractivity contribution >= 4 is 33.2 Å². The van der Waals surface area contributed by atoms with Crippen LogP contribution in [0.2, 0.25) is 0 Å². The SMILES string of the molecule is CCN(CC)C(=O)CCNc1cc(Br)ccc1[N+](=O)[O-]. The zero-order chi connectivity index (χ0) is 15.1. The summed E-state index contributed by atoms with van der Waals surface area (Å²) in [5.41, 5.74) is 0.417. The molecule has 0 aromatic heterocycles. The fourth-order valence-corrected chi connectivity index (χ4v) is 2.21. The highest BCUT2D eigenvalue weighted by Gasteiger charge is 2.14. The number of nitro benzene ring substituents is 1. The molecule has 0 aliphatic heterocycles. The molecular weight excluding hydrogens is 326 g/mol. The van der Waals surface area contributed by atoms with Crippen LogP contribution in [-0.2, 0) is 4.79 Å². The lowest BCUT2D eigenvalue weighted by Crippen LogP contribution is -2.31. The standard InChI is InChI=1S/C13H18BrN3O3/c1-3-16(4-2)13(18)7-8-15-11-9-10(14)5-6-12(11)17(19)20/h5-6,9,15H,3-4,7-8H2,1-2H3. The van der Waals surface area contributed by atoms with E-state index in [1.54, 1.807) is 17.0 Å². The van der Waals surface area contributed by atoms with Crippen LogP contribution in [0.25, 0.3) is 0 Å². The summed E-state index contributed by atoms with van der Waals surface area (Å²) in [4.78, 5) is 24.0. The number of nitrogens with zero attached hydrogens (tertiary/aromatic N) is 2. The monoisotopic (exact) mass is 343 g/mol. The number of nitrogens with one attached hydrogen (secondary N) is 1. The molecule has 0 radical (unpaired) electrons. The Kier molecular flexibility index (Phi) is 6.44. The average Bonchev–Trinajstić information content (AvgIpc) is 2.39. The van der Waals surface area contributed by atoms with E-state index in [0.29, 0.717) is 31.7 Å². The maximum absolute atomic E-state index is 11.8. The van der Waals surface area contributed by atoms with Gasteiger partial charge in [-0.2, -0.15) is 0 Å². The first-order valence-electron chi connectivity index (χ1n) is 6.45. The summed E-state index contributed by atoms with van der Waals surface area (Å²) in [7, 11) is 0. The Morgan fingerprint density at radius 3 is 2.60 bits per heavy atom. The number of rotatable bonds is 7. The zero-order valence-electron chi connectivity index (χ0n) is 11.6. The summed E-state index contributed by atoms with van der Waals surface area (Å²) in [6.07, 6.45) is 0.311. The van der Waals surface area contributed by atoms with Crippen LogP contribution in [0, 0.1) is 10.1 Å². The van der Waals surface area contributed by atoms with E-state index in [4.69, 9.17) is 0 Å². The van der Waals surface area contributed by atoms with Gasteiger partial charge in [-0.25, -0.2) is 0 Å². The van der Waals surface area contributed by atoms with Crippen molar-refractivity contribution in [2.24, 2.45) is 0 Å². The molecule has 0 saturated carbocycles. The lowest BCUT2D eigenvalue weighted by Gasteiger charge is -2.18. The third kappa shape index (κ3) is 4.48. The van der Waals surface area contributed by atoms with E-state index >= 15 is 0 Å². The van der Waals surface area contributed by atoms with E-state index in [2.05, 4.69) is 21.2 Å². The molecule has 0 bridgehead atoms. The van der Waals surface area contributed by atoms with Crippen LogP contribution < -0.4 is 5.32 Å². The van der Waals surface area contributed by atoms with Crippen molar-refractivity contribution in [3.8, 4) is 0 Å². The minimum absolute atomic E-state index is 0.00323. The topological polar surface area (TPSA) is 75.5 Å². The van der Waals surface area contributed by atoms with Crippen molar-refractivity contribution in [3.05, 3.63) is 32.8 Å². The Morgan fingerprint density at radius 1 is 1.40 bits per heavy atom. The van der Waals surface area contributed by atoms with E-state index in [1.807, 2.05) is 13.8 Å². The van der Waals surface area contributed by atoms with E-state index in [-0.39, 0.29) is 11.6 Å². The number of nitro groups is 1. The van der Waals surface area contributed by atoms with Gasteiger partial charge in [0.15, 0.2) is 0 Å². The van der Waals surface area contributed by atoms with Crippen molar-refractivity contribution in [1.82, 2.24) is 4.90 Å². The Hall–Kier alpha value is -1.63. The highest BCUT2D eigenvalue weighted by Crippen LogP contribution is 2.27. The van der Waals surface area contributed by atoms with Crippen molar-refractivity contribution < 1.29 is 9.72 Å². The quantitative estimate of drug-likeness (QED) is 0.609. The third-order valence-electron chi connectivity index (χ3n) is 2.93. The van der Waals surface area contributed by atoms with E-state index < -0.39 is 4.92 Å². The second-order valence-corrected chi connectivity index (χ2v) is 5.08. The lowest BCUT2D eigenvalue weighted by atomic mass is 10.2. The molecule has 0 saturated heterocycles. The first kappa shape index (κ1) is 16.4. The van der Waals surface area contributed by atoms with Crippen LogP contribution in [0.5, 0.6) is 0 Å². The molecule has 0 fully saturated rings. The second kappa shape index (κ2) is 7.84. The lowest BCUT2D eigenvalue weighted by molar-refractivity contribution is -0.384. The largest absolute Gasteiger partial charge is 0.379 e. The number of hydrogen-bond acceptors (Lipinski definition) is 4. The molecule has 0 aliphatic carbocycles. The van der Waals surface area contributed by atoms with Gasteiger partial charge < -0.3 is 10.2 Å². The fraction of sp³-hybridized carbons (Fsp3) is 0.462. The van der Waals surface area contributed by atoms with Gasteiger partial charge in [0.1, 0.15) is 5.69 Å². The Morgan fingerprint density at radius 2 is 2.05 bits per heavy atom. The van der Waals surface area contributed by atoms with Crippen LogP contribution in [0.15, 0.2) is 22.7 Å². The van der Waals surface area contributed by atoms with Crippen molar-refractivity contribution in [2.45, 2.75) is 20.3 Å². The number of carbonyl (C=O) groups excluding carboxylic acids is 1. The van der Waals surface area contributed by atoms with Gasteiger partial charge in [0.05, 0.1) is 4.92 Å². The molecule has 0 heterocycles. The van der Waals surface area contributed by atoms with Crippen LogP contribution in [0.3, 0.4) is 0 Å². The first-order valence-corrected chi connectivity index (χ1v) is 7.24. The normalized spacial score (nSPS) is 10.2. The molecule has 20 heavy (non-hydrogen) atoms. The third-order valence-corrected chi connectivity index (χ3v) is 3.42. The molecule has 110 valence electrons. The predicted molar refractivity (Wildman–Crippen MR) is 81.8 cm³/mol. The van der Waals surface area contributed by atoms with Crippen molar-refractivity contribution in [3.63, 3.8) is 0 Å². The van der Waals surface area contributed by atoms with Crippen LogP contribution in [0.1, 0.15) is 20.3 Å². The fourth-order valence-electron chi connectivity index (χ4n) is 1.85. The van der Waals surface area contributed by atoms with E-state index in [9.17, 15) is 14.9 Å². The molecule has 6 nitrogen and oxygen atoms in total. The maximum Gasteiger partial charge on any atom is 0.292 e. The molecule has 1 N–H and O–H groups in total. The summed E-state index contributed by atoms with van der Waals surface area (Å²) >= 11 is 3.27. The van der Waals surface area contributed by atoms with Crippen LogP contribution in [-0.4, -0.2) is 35.4 Å². The summed E-state index contributed by atoms with van der Waals surface area (Å²) < 4.78 is 0.751. The van der Waals surface area contributed by atoms with Gasteiger partial charge in [-0.05, 0) is 26.0 Å². The second-order valence-electron chi connectivity index (χ2n) is 4.16. The highest BCUT2D eigenvalue weighted by molar-refractivity contribution is 9.10. The Labute approximate surface area is 126 Å². The number of carbonyl (C=O) groups is 1. The summed E-state index contributed by atoms with van der Waals surface area (Å²) in [5, 5.41) is 13.9. The molecular formula is C13H18BrN3O3. The number of halogens is 1. The predicted octanol–water partition coefficient (Wildman–Crippen LogP) is 3.03. The molecule has 0 aliphatic rings. The van der Waals surface area contributed by atoms with Gasteiger partial charge in [-0.15, -0.1) is 0 Å². The number of benzene rings is 1. The Bertz CT molecular complexity index is 490. The number of hydrogen-bond donors (Lipinski definition) is 1. The van der Waals surface area contributed by atoms with Crippen molar-refractivity contribution in [2.75, 3.05) is 25.0 Å². The smallest absolute Gasteiger partial charge is 0.292 e. The van der Waals surface area contributed by atoms with Gasteiger partial charge in [0.2, 0.25) is 5.91 Å². The molecule has 1 rings (SSSR count). The number of anilines is 1. The van der Waals surface area contributed by atoms with E-state index in [1.165, 1.54) is 6.07 Å². The average molecular weight is 344 g/mol. The van der Waals surface area contributed by atoms with E-state index in [0.717, 1.165) is 4.47 Å². The highest BCUT2D eigenvalue weighted by atomic mass is 79.9. The van der Waals surface area contributed by atoms with Crippen LogP contribution in [0.4, 0.5) is 11.4 Å². The minimum atomic E-state index is -0.443. The molecule has 1 amide bonds. The minimum Gasteiger partial charge on any atom is -0.379 e. The van der Waals surface area contributed by atoms with Crippen LogP contribution >= 0.6 is 15.9 Å². The molecule has 7 heteroatoms. The summed E-state index contributed by atoms with van der Waals surface area (Å²) in [6, 6.07) is 4.68. The Balaban J connectivity index is 2.64. The molecule has 1 aromatic carbocycles. The first-order chi connectivity index (χ1) is 9.49. The summed E-state index contributed by atoms with van der Waals surface area (Å²) in [6.45, 7) is 5.56. The maximum atomic E-state index is 11.8. The summed E-state index contributed by atoms with van der Waals surface area (Å²) in [5.74, 6) is 0.0418. The number of amides is 1. The van der Waals surface area contributed by atoms with Gasteiger partial charge in [-0.3, -0.25) is 14.9 Å². The van der Waals surface area contributed by atoms with Gasteiger partial charge >= 0.3 is 0 Å².